The second kappa shape index (κ2) is 10.5. The van der Waals surface area contributed by atoms with E-state index in [2.05, 4.69) is 5.32 Å². The molecule has 7 nitrogen and oxygen atoms in total. The molecule has 33 heavy (non-hydrogen) atoms. The van der Waals surface area contributed by atoms with Crippen molar-refractivity contribution >= 4 is 44.9 Å². The predicted octanol–water partition coefficient (Wildman–Crippen LogP) is 4.66. The fourth-order valence-corrected chi connectivity index (χ4v) is 4.54. The number of aryl methyl sites for hydroxylation is 1. The summed E-state index contributed by atoms with van der Waals surface area (Å²) in [5, 5.41) is 3.10. The zero-order chi connectivity index (χ0) is 24.0. The first-order valence-corrected chi connectivity index (χ1v) is 11.9. The quantitative estimate of drug-likeness (QED) is 0.467. The number of nitrogens with one attached hydrogen (secondary N) is 1. The van der Waals surface area contributed by atoms with Gasteiger partial charge in [-0.3, -0.25) is 9.10 Å². The van der Waals surface area contributed by atoms with E-state index in [1.165, 1.54) is 36.4 Å². The van der Waals surface area contributed by atoms with Crippen LogP contribution >= 0.6 is 11.6 Å². The Morgan fingerprint density at radius 2 is 1.55 bits per heavy atom. The maximum Gasteiger partial charge on any atom is 0.338 e. The number of carbonyl (C=O) groups excluding carboxylic acids is 2. The van der Waals surface area contributed by atoms with E-state index in [1.54, 1.807) is 43.3 Å². The molecule has 0 aliphatic carbocycles. The minimum absolute atomic E-state index is 0.0645. The van der Waals surface area contributed by atoms with E-state index in [1.807, 2.05) is 6.92 Å². The average Bonchev–Trinajstić information content (AvgIpc) is 2.79. The number of anilines is 2. The summed E-state index contributed by atoms with van der Waals surface area (Å²) in [4.78, 5) is 24.6. The van der Waals surface area contributed by atoms with Gasteiger partial charge in [-0.25, -0.2) is 13.2 Å². The molecule has 3 aromatic carbocycles. The van der Waals surface area contributed by atoms with Crippen LogP contribution in [-0.4, -0.2) is 33.4 Å². The van der Waals surface area contributed by atoms with Gasteiger partial charge in [0.05, 0.1) is 22.8 Å². The van der Waals surface area contributed by atoms with E-state index in [-0.39, 0.29) is 11.5 Å². The Bertz CT molecular complexity index is 1230. The lowest BCUT2D eigenvalue weighted by atomic mass is 10.2. The van der Waals surface area contributed by atoms with Gasteiger partial charge in [-0.05, 0) is 74.5 Å². The number of ether oxygens (including phenoxy) is 1. The summed E-state index contributed by atoms with van der Waals surface area (Å²) < 4.78 is 32.7. The number of benzene rings is 3. The van der Waals surface area contributed by atoms with Crippen LogP contribution in [-0.2, 0) is 19.6 Å². The second-order valence-corrected chi connectivity index (χ2v) is 9.45. The number of amides is 1. The molecule has 0 saturated heterocycles. The molecule has 3 aromatic rings. The van der Waals surface area contributed by atoms with E-state index in [0.717, 1.165) is 9.87 Å². The Balaban J connectivity index is 1.84. The van der Waals surface area contributed by atoms with Gasteiger partial charge in [0.15, 0.2) is 0 Å². The molecule has 0 heterocycles. The number of sulfonamides is 1. The van der Waals surface area contributed by atoms with Crippen LogP contribution in [0.15, 0.2) is 77.7 Å². The fraction of sp³-hybridized carbons (Fsp3) is 0.167. The molecular formula is C24H23ClN2O5S. The minimum Gasteiger partial charge on any atom is -0.462 e. The molecule has 1 N–H and O–H groups in total. The van der Waals surface area contributed by atoms with Gasteiger partial charge in [-0.1, -0.05) is 29.3 Å². The zero-order valence-corrected chi connectivity index (χ0v) is 19.7. The summed E-state index contributed by atoms with van der Waals surface area (Å²) in [5.41, 5.74) is 1.97. The first-order valence-electron chi connectivity index (χ1n) is 10.1. The van der Waals surface area contributed by atoms with Gasteiger partial charge in [0.2, 0.25) is 5.91 Å². The first-order chi connectivity index (χ1) is 15.7. The summed E-state index contributed by atoms with van der Waals surface area (Å²) in [6.07, 6.45) is 0. The van der Waals surface area contributed by atoms with E-state index in [0.29, 0.717) is 22.0 Å². The molecule has 3 rings (SSSR count). The highest BCUT2D eigenvalue weighted by Crippen LogP contribution is 2.25. The van der Waals surface area contributed by atoms with Crippen LogP contribution < -0.4 is 9.62 Å². The summed E-state index contributed by atoms with van der Waals surface area (Å²) in [7, 11) is -4.03. The van der Waals surface area contributed by atoms with Gasteiger partial charge in [0.25, 0.3) is 10.0 Å². The summed E-state index contributed by atoms with van der Waals surface area (Å²) >= 11 is 5.95. The molecule has 0 saturated carbocycles. The van der Waals surface area contributed by atoms with E-state index in [4.69, 9.17) is 16.3 Å². The predicted molar refractivity (Wildman–Crippen MR) is 128 cm³/mol. The number of rotatable bonds is 8. The van der Waals surface area contributed by atoms with Crippen molar-refractivity contribution in [2.45, 2.75) is 18.7 Å². The fourth-order valence-electron chi connectivity index (χ4n) is 2.99. The normalized spacial score (nSPS) is 11.0. The summed E-state index contributed by atoms with van der Waals surface area (Å²) in [6.45, 7) is 3.36. The Kier molecular flexibility index (Phi) is 7.73. The number of carbonyl (C=O) groups is 2. The van der Waals surface area contributed by atoms with Gasteiger partial charge in [-0.2, -0.15) is 0 Å². The SMILES string of the molecule is CCOC(=O)c1ccc(NC(=O)CN(c2ccc(Cl)cc2)S(=O)(=O)c2ccc(C)cc2)cc1. The molecule has 0 aromatic heterocycles. The minimum atomic E-state index is -4.03. The standard InChI is InChI=1S/C24H23ClN2O5S/c1-3-32-24(29)18-6-10-20(11-7-18)26-23(28)16-27(21-12-8-19(25)9-13-21)33(30,31)22-14-4-17(2)5-15-22/h4-15H,3,16H2,1-2H3,(H,26,28). The molecule has 0 atom stereocenters. The van der Waals surface area contributed by atoms with Crippen molar-refractivity contribution in [2.75, 3.05) is 22.8 Å². The Morgan fingerprint density at radius 1 is 0.939 bits per heavy atom. The number of esters is 1. The highest BCUT2D eigenvalue weighted by atomic mass is 35.5. The molecule has 0 unspecified atom stereocenters. The summed E-state index contributed by atoms with van der Waals surface area (Å²) in [5.74, 6) is -1.02. The maximum atomic E-state index is 13.4. The topological polar surface area (TPSA) is 92.8 Å². The van der Waals surface area contributed by atoms with Gasteiger partial charge in [-0.15, -0.1) is 0 Å². The van der Waals surface area contributed by atoms with Gasteiger partial charge in [0.1, 0.15) is 6.54 Å². The molecule has 0 bridgehead atoms. The molecule has 1 amide bonds. The van der Waals surface area contributed by atoms with Crippen LogP contribution in [0.25, 0.3) is 0 Å². The monoisotopic (exact) mass is 486 g/mol. The third-order valence-corrected chi connectivity index (χ3v) is 6.73. The number of halogens is 1. The molecule has 0 aliphatic heterocycles. The maximum absolute atomic E-state index is 13.4. The molecule has 0 fully saturated rings. The third kappa shape index (κ3) is 6.12. The van der Waals surface area contributed by atoms with Gasteiger partial charge < -0.3 is 10.1 Å². The smallest absolute Gasteiger partial charge is 0.338 e. The van der Waals surface area contributed by atoms with Crippen molar-refractivity contribution in [3.8, 4) is 0 Å². The largest absolute Gasteiger partial charge is 0.462 e. The molecule has 9 heteroatoms. The lowest BCUT2D eigenvalue weighted by Crippen LogP contribution is -2.38. The molecule has 0 aliphatic rings. The number of hydrogen-bond donors (Lipinski definition) is 1. The van der Waals surface area contributed by atoms with Crippen molar-refractivity contribution < 1.29 is 22.7 Å². The van der Waals surface area contributed by atoms with E-state index >= 15 is 0 Å². The molecular weight excluding hydrogens is 464 g/mol. The van der Waals surface area contributed by atoms with E-state index < -0.39 is 28.4 Å². The van der Waals surface area contributed by atoms with Gasteiger partial charge in [0, 0.05) is 10.7 Å². The zero-order valence-electron chi connectivity index (χ0n) is 18.1. The Hall–Kier alpha value is -3.36. The van der Waals surface area contributed by atoms with Crippen molar-refractivity contribution in [1.82, 2.24) is 0 Å². The number of nitrogens with zero attached hydrogens (tertiary/aromatic N) is 1. The van der Waals surface area contributed by atoms with Gasteiger partial charge >= 0.3 is 5.97 Å². The third-order valence-electron chi connectivity index (χ3n) is 4.69. The van der Waals surface area contributed by atoms with Crippen molar-refractivity contribution in [1.29, 1.82) is 0 Å². The van der Waals surface area contributed by atoms with Crippen molar-refractivity contribution in [3.05, 3.63) is 88.9 Å². The Labute approximate surface area is 198 Å². The highest BCUT2D eigenvalue weighted by Gasteiger charge is 2.27. The molecule has 172 valence electrons. The van der Waals surface area contributed by atoms with E-state index in [9.17, 15) is 18.0 Å². The Morgan fingerprint density at radius 3 is 2.12 bits per heavy atom. The van der Waals surface area contributed by atoms with Crippen molar-refractivity contribution in [2.24, 2.45) is 0 Å². The van der Waals surface area contributed by atoms with Crippen LogP contribution in [0.1, 0.15) is 22.8 Å². The molecule has 0 radical (unpaired) electrons. The van der Waals surface area contributed by atoms with Crippen LogP contribution in [0, 0.1) is 6.92 Å². The lowest BCUT2D eigenvalue weighted by molar-refractivity contribution is -0.114. The average molecular weight is 487 g/mol. The van der Waals surface area contributed by atoms with Crippen molar-refractivity contribution in [3.63, 3.8) is 0 Å². The van der Waals surface area contributed by atoms with Crippen LogP contribution in [0.4, 0.5) is 11.4 Å². The summed E-state index contributed by atoms with van der Waals surface area (Å²) in [6, 6.07) is 18.7. The number of hydrogen-bond acceptors (Lipinski definition) is 5. The van der Waals surface area contributed by atoms with Crippen LogP contribution in [0.2, 0.25) is 5.02 Å². The van der Waals surface area contributed by atoms with Crippen LogP contribution in [0.3, 0.4) is 0 Å². The highest BCUT2D eigenvalue weighted by molar-refractivity contribution is 7.92. The molecule has 0 spiro atoms. The first kappa shape index (κ1) is 24.3. The second-order valence-electron chi connectivity index (χ2n) is 7.15. The lowest BCUT2D eigenvalue weighted by Gasteiger charge is -2.24. The van der Waals surface area contributed by atoms with Crippen LogP contribution in [0.5, 0.6) is 0 Å².